The van der Waals surface area contributed by atoms with Crippen LogP contribution in [0.15, 0.2) is 0 Å². The summed E-state index contributed by atoms with van der Waals surface area (Å²) in [7, 11) is 0. The Balaban J connectivity index is 3.37. The number of nitrogens with two attached hydrogens (primary N) is 1. The standard InChI is InChI=1S/C12H18N2S/c1-5-8-10(14)9(7-13)15-11(8)12(3,4)6-2/h5-6,14H2,1-4H3. The molecule has 0 unspecified atom stereocenters. The molecule has 1 aromatic heterocycles. The Morgan fingerprint density at radius 2 is 2.00 bits per heavy atom. The predicted octanol–water partition coefficient (Wildman–Crippen LogP) is 3.45. The highest BCUT2D eigenvalue weighted by Gasteiger charge is 2.26. The Morgan fingerprint density at radius 1 is 1.40 bits per heavy atom. The lowest BCUT2D eigenvalue weighted by molar-refractivity contribution is 0.513. The molecule has 0 aliphatic carbocycles. The van der Waals surface area contributed by atoms with E-state index >= 15 is 0 Å². The molecule has 0 aliphatic heterocycles. The van der Waals surface area contributed by atoms with Crippen molar-refractivity contribution >= 4 is 17.0 Å². The zero-order valence-corrected chi connectivity index (χ0v) is 10.7. The summed E-state index contributed by atoms with van der Waals surface area (Å²) in [5, 5.41) is 8.97. The number of nitrogens with zero attached hydrogens (tertiary/aromatic N) is 1. The summed E-state index contributed by atoms with van der Waals surface area (Å²) in [6.07, 6.45) is 1.97. The van der Waals surface area contributed by atoms with Crippen LogP contribution in [0.5, 0.6) is 0 Å². The molecule has 1 heterocycles. The number of nitrogen functional groups attached to an aromatic ring is 1. The summed E-state index contributed by atoms with van der Waals surface area (Å²) in [5.74, 6) is 0. The van der Waals surface area contributed by atoms with Gasteiger partial charge in [0.15, 0.2) is 0 Å². The van der Waals surface area contributed by atoms with Crippen molar-refractivity contribution in [2.45, 2.75) is 46.0 Å². The van der Waals surface area contributed by atoms with E-state index in [1.165, 1.54) is 10.4 Å². The molecule has 3 heteroatoms. The van der Waals surface area contributed by atoms with Crippen LogP contribution in [-0.4, -0.2) is 0 Å². The molecule has 0 bridgehead atoms. The van der Waals surface area contributed by atoms with E-state index in [1.807, 2.05) is 0 Å². The molecule has 0 radical (unpaired) electrons. The molecule has 2 nitrogen and oxygen atoms in total. The summed E-state index contributed by atoms with van der Waals surface area (Å²) in [5.41, 5.74) is 7.95. The lowest BCUT2D eigenvalue weighted by Crippen LogP contribution is -2.15. The van der Waals surface area contributed by atoms with Crippen LogP contribution < -0.4 is 5.73 Å². The van der Waals surface area contributed by atoms with Crippen molar-refractivity contribution in [2.24, 2.45) is 0 Å². The highest BCUT2D eigenvalue weighted by molar-refractivity contribution is 7.13. The van der Waals surface area contributed by atoms with E-state index in [9.17, 15) is 0 Å². The number of hydrogen-bond acceptors (Lipinski definition) is 3. The summed E-state index contributed by atoms with van der Waals surface area (Å²) in [4.78, 5) is 1.95. The summed E-state index contributed by atoms with van der Waals surface area (Å²) >= 11 is 1.56. The van der Waals surface area contributed by atoms with Crippen LogP contribution in [0.3, 0.4) is 0 Å². The molecule has 0 fully saturated rings. The fourth-order valence-corrected chi connectivity index (χ4v) is 2.90. The molecule has 0 aromatic carbocycles. The Labute approximate surface area is 95.7 Å². The topological polar surface area (TPSA) is 49.8 Å². The zero-order valence-electron chi connectivity index (χ0n) is 9.85. The number of nitriles is 1. The van der Waals surface area contributed by atoms with E-state index in [0.29, 0.717) is 10.6 Å². The summed E-state index contributed by atoms with van der Waals surface area (Å²) in [6, 6.07) is 2.18. The molecule has 82 valence electrons. The summed E-state index contributed by atoms with van der Waals surface area (Å²) < 4.78 is 0. The van der Waals surface area contributed by atoms with Gasteiger partial charge in [0, 0.05) is 4.88 Å². The van der Waals surface area contributed by atoms with Gasteiger partial charge in [0.1, 0.15) is 10.9 Å². The molecule has 1 rings (SSSR count). The molecule has 2 N–H and O–H groups in total. The molecule has 0 spiro atoms. The second kappa shape index (κ2) is 4.24. The van der Waals surface area contributed by atoms with Crippen molar-refractivity contribution in [3.05, 3.63) is 15.3 Å². The Kier molecular flexibility index (Phi) is 3.41. The van der Waals surface area contributed by atoms with Gasteiger partial charge >= 0.3 is 0 Å². The predicted molar refractivity (Wildman–Crippen MR) is 66.1 cm³/mol. The minimum atomic E-state index is 0.124. The van der Waals surface area contributed by atoms with Crippen LogP contribution in [0.25, 0.3) is 0 Å². The van der Waals surface area contributed by atoms with Gasteiger partial charge in [-0.15, -0.1) is 11.3 Å². The summed E-state index contributed by atoms with van der Waals surface area (Å²) in [6.45, 7) is 8.67. The molecule has 0 saturated carbocycles. The van der Waals surface area contributed by atoms with Crippen molar-refractivity contribution < 1.29 is 0 Å². The normalized spacial score (nSPS) is 11.4. The van der Waals surface area contributed by atoms with E-state index in [-0.39, 0.29) is 5.41 Å². The Hall–Kier alpha value is -1.01. The number of thiophene rings is 1. The molecular weight excluding hydrogens is 204 g/mol. The van der Waals surface area contributed by atoms with Gasteiger partial charge in [-0.05, 0) is 23.8 Å². The highest BCUT2D eigenvalue weighted by atomic mass is 32.1. The Morgan fingerprint density at radius 3 is 2.40 bits per heavy atom. The second-order valence-corrected chi connectivity index (χ2v) is 5.38. The fraction of sp³-hybridized carbons (Fsp3) is 0.583. The van der Waals surface area contributed by atoms with Crippen molar-refractivity contribution in [3.63, 3.8) is 0 Å². The van der Waals surface area contributed by atoms with Crippen molar-refractivity contribution in [1.29, 1.82) is 5.26 Å². The molecule has 0 saturated heterocycles. The van der Waals surface area contributed by atoms with Crippen LogP contribution >= 0.6 is 11.3 Å². The zero-order chi connectivity index (χ0) is 11.6. The van der Waals surface area contributed by atoms with E-state index in [4.69, 9.17) is 11.0 Å². The molecule has 0 amide bonds. The van der Waals surface area contributed by atoms with E-state index in [1.54, 1.807) is 11.3 Å². The van der Waals surface area contributed by atoms with Crippen molar-refractivity contribution in [2.75, 3.05) is 5.73 Å². The SMILES string of the molecule is CCc1c(C(C)(C)CC)sc(C#N)c1N. The van der Waals surface area contributed by atoms with E-state index < -0.39 is 0 Å². The second-order valence-electron chi connectivity index (χ2n) is 4.36. The number of anilines is 1. The van der Waals surface area contributed by atoms with Gasteiger partial charge in [-0.3, -0.25) is 0 Å². The maximum Gasteiger partial charge on any atom is 0.128 e. The van der Waals surface area contributed by atoms with Gasteiger partial charge < -0.3 is 5.73 Å². The maximum atomic E-state index is 8.97. The fourth-order valence-electron chi connectivity index (χ4n) is 1.62. The van der Waals surface area contributed by atoms with Crippen molar-refractivity contribution in [3.8, 4) is 6.07 Å². The first-order valence-corrected chi connectivity index (χ1v) is 6.11. The van der Waals surface area contributed by atoms with Gasteiger partial charge in [0.2, 0.25) is 0 Å². The molecule has 1 aromatic rings. The third-order valence-corrected chi connectivity index (χ3v) is 4.52. The average molecular weight is 222 g/mol. The molecule has 15 heavy (non-hydrogen) atoms. The Bertz CT molecular complexity index is 396. The monoisotopic (exact) mass is 222 g/mol. The average Bonchev–Trinajstić information content (AvgIpc) is 2.55. The molecular formula is C12H18N2S. The van der Waals surface area contributed by atoms with Gasteiger partial charge in [-0.1, -0.05) is 27.7 Å². The van der Waals surface area contributed by atoms with Crippen LogP contribution in [0.1, 0.15) is 49.4 Å². The third kappa shape index (κ3) is 2.00. The third-order valence-electron chi connectivity index (χ3n) is 3.00. The van der Waals surface area contributed by atoms with E-state index in [2.05, 4.69) is 33.8 Å². The molecule has 0 aliphatic rings. The first kappa shape index (κ1) is 12.1. The number of hydrogen-bond donors (Lipinski definition) is 1. The van der Waals surface area contributed by atoms with Gasteiger partial charge in [0.05, 0.1) is 5.69 Å². The van der Waals surface area contributed by atoms with Gasteiger partial charge in [-0.25, -0.2) is 0 Å². The lowest BCUT2D eigenvalue weighted by atomic mass is 9.85. The van der Waals surface area contributed by atoms with Crippen LogP contribution in [-0.2, 0) is 11.8 Å². The maximum absolute atomic E-state index is 8.97. The number of rotatable bonds is 3. The van der Waals surface area contributed by atoms with Gasteiger partial charge in [0.25, 0.3) is 0 Å². The van der Waals surface area contributed by atoms with Gasteiger partial charge in [-0.2, -0.15) is 5.26 Å². The first-order chi connectivity index (χ1) is 6.97. The lowest BCUT2D eigenvalue weighted by Gasteiger charge is -2.22. The quantitative estimate of drug-likeness (QED) is 0.851. The van der Waals surface area contributed by atoms with Crippen LogP contribution in [0.4, 0.5) is 5.69 Å². The van der Waals surface area contributed by atoms with E-state index in [0.717, 1.165) is 12.8 Å². The minimum Gasteiger partial charge on any atom is -0.397 e. The largest absolute Gasteiger partial charge is 0.397 e. The van der Waals surface area contributed by atoms with Crippen LogP contribution in [0, 0.1) is 11.3 Å². The van der Waals surface area contributed by atoms with Crippen LogP contribution in [0.2, 0.25) is 0 Å². The minimum absolute atomic E-state index is 0.124. The van der Waals surface area contributed by atoms with Crippen molar-refractivity contribution in [1.82, 2.24) is 0 Å². The highest BCUT2D eigenvalue weighted by Crippen LogP contribution is 2.40. The first-order valence-electron chi connectivity index (χ1n) is 5.29. The smallest absolute Gasteiger partial charge is 0.128 e. The molecule has 0 atom stereocenters.